The predicted octanol–water partition coefficient (Wildman–Crippen LogP) is 2.67. The van der Waals surface area contributed by atoms with E-state index >= 15 is 0 Å². The van der Waals surface area contributed by atoms with Crippen molar-refractivity contribution >= 4 is 33.0 Å². The second-order valence-corrected chi connectivity index (χ2v) is 8.39. The lowest BCUT2D eigenvalue weighted by Crippen LogP contribution is -2.51. The van der Waals surface area contributed by atoms with E-state index in [4.69, 9.17) is 12.2 Å². The molecule has 0 atom stereocenters. The van der Waals surface area contributed by atoms with Crippen LogP contribution < -0.4 is 5.32 Å². The standard InChI is InChI=1S/C18H20FN3O2S2/c19-16-8-4-5-9-17(16)20-18(25)21-10-12-22(13-11-21)26(23,24)14-15-6-2-1-3-7-15/h1-9H,10-14H2,(H,20,25). The highest BCUT2D eigenvalue weighted by Crippen LogP contribution is 2.16. The first-order valence-corrected chi connectivity index (χ1v) is 10.3. The van der Waals surface area contributed by atoms with E-state index in [-0.39, 0.29) is 11.6 Å². The first-order chi connectivity index (χ1) is 12.5. The topological polar surface area (TPSA) is 52.7 Å². The summed E-state index contributed by atoms with van der Waals surface area (Å²) < 4.78 is 40.4. The fourth-order valence-electron chi connectivity index (χ4n) is 2.80. The third-order valence-electron chi connectivity index (χ3n) is 4.23. The van der Waals surface area contributed by atoms with Crippen molar-refractivity contribution in [3.8, 4) is 0 Å². The van der Waals surface area contributed by atoms with Crippen LogP contribution in [0.5, 0.6) is 0 Å². The molecule has 0 aliphatic carbocycles. The molecule has 0 unspecified atom stereocenters. The summed E-state index contributed by atoms with van der Waals surface area (Å²) in [7, 11) is -3.37. The number of nitrogens with zero attached hydrogens (tertiary/aromatic N) is 2. The Labute approximate surface area is 158 Å². The van der Waals surface area contributed by atoms with Gasteiger partial charge in [-0.3, -0.25) is 0 Å². The van der Waals surface area contributed by atoms with Gasteiger partial charge in [0.25, 0.3) is 0 Å². The second kappa shape index (κ2) is 8.11. The van der Waals surface area contributed by atoms with Crippen LogP contribution in [-0.2, 0) is 15.8 Å². The highest BCUT2D eigenvalue weighted by molar-refractivity contribution is 7.88. The van der Waals surface area contributed by atoms with E-state index < -0.39 is 10.0 Å². The van der Waals surface area contributed by atoms with E-state index in [1.807, 2.05) is 23.1 Å². The maximum Gasteiger partial charge on any atom is 0.218 e. The molecule has 0 aromatic heterocycles. The zero-order valence-corrected chi connectivity index (χ0v) is 15.8. The molecule has 26 heavy (non-hydrogen) atoms. The summed E-state index contributed by atoms with van der Waals surface area (Å²) in [5, 5.41) is 3.29. The minimum absolute atomic E-state index is 0.00817. The van der Waals surface area contributed by atoms with Gasteiger partial charge in [0.15, 0.2) is 5.11 Å². The first-order valence-electron chi connectivity index (χ1n) is 8.28. The van der Waals surface area contributed by atoms with Crippen LogP contribution in [0.2, 0.25) is 0 Å². The molecule has 0 bridgehead atoms. The highest BCUT2D eigenvalue weighted by Gasteiger charge is 2.28. The van der Waals surface area contributed by atoms with Crippen LogP contribution in [0.1, 0.15) is 5.56 Å². The molecule has 1 aliphatic rings. The Balaban J connectivity index is 1.57. The van der Waals surface area contributed by atoms with Gasteiger partial charge in [-0.05, 0) is 29.9 Å². The lowest BCUT2D eigenvalue weighted by atomic mass is 10.2. The molecule has 1 N–H and O–H groups in total. The summed E-state index contributed by atoms with van der Waals surface area (Å²) in [4.78, 5) is 1.86. The van der Waals surface area contributed by atoms with Crippen molar-refractivity contribution in [1.82, 2.24) is 9.21 Å². The first kappa shape index (κ1) is 18.8. The van der Waals surface area contributed by atoms with Crippen molar-refractivity contribution in [2.45, 2.75) is 5.75 Å². The van der Waals surface area contributed by atoms with Crippen LogP contribution in [-0.4, -0.2) is 48.9 Å². The van der Waals surface area contributed by atoms with Crippen LogP contribution in [0.3, 0.4) is 0 Å². The second-order valence-electron chi connectivity index (χ2n) is 6.04. The van der Waals surface area contributed by atoms with Crippen LogP contribution in [0.4, 0.5) is 10.1 Å². The molecule has 1 heterocycles. The molecular weight excluding hydrogens is 373 g/mol. The molecular formula is C18H20FN3O2S2. The van der Waals surface area contributed by atoms with Gasteiger partial charge in [-0.15, -0.1) is 0 Å². The number of nitrogens with one attached hydrogen (secondary N) is 1. The van der Waals surface area contributed by atoms with Gasteiger partial charge in [0.2, 0.25) is 10.0 Å². The summed E-state index contributed by atoms with van der Waals surface area (Å²) in [5.41, 5.74) is 1.09. The van der Waals surface area contributed by atoms with Gasteiger partial charge in [-0.25, -0.2) is 12.8 Å². The fourth-order valence-corrected chi connectivity index (χ4v) is 4.61. The number of piperazine rings is 1. The van der Waals surface area contributed by atoms with Crippen molar-refractivity contribution in [3.05, 3.63) is 66.0 Å². The predicted molar refractivity (Wildman–Crippen MR) is 105 cm³/mol. The Morgan fingerprint density at radius 2 is 1.62 bits per heavy atom. The Morgan fingerprint density at radius 3 is 2.27 bits per heavy atom. The van der Waals surface area contributed by atoms with E-state index in [1.165, 1.54) is 10.4 Å². The zero-order chi connectivity index (χ0) is 18.6. The number of anilines is 1. The van der Waals surface area contributed by atoms with Crippen molar-refractivity contribution in [1.29, 1.82) is 0 Å². The monoisotopic (exact) mass is 393 g/mol. The molecule has 0 spiro atoms. The summed E-state index contributed by atoms with van der Waals surface area (Å²) in [6, 6.07) is 15.4. The van der Waals surface area contributed by atoms with Crippen LogP contribution in [0.15, 0.2) is 54.6 Å². The molecule has 1 aliphatic heterocycles. The molecule has 0 amide bonds. The number of para-hydroxylation sites is 1. The van der Waals surface area contributed by atoms with Crippen molar-refractivity contribution in [2.24, 2.45) is 0 Å². The lowest BCUT2D eigenvalue weighted by molar-refractivity contribution is 0.268. The Kier molecular flexibility index (Phi) is 5.85. The SMILES string of the molecule is O=S(=O)(Cc1ccccc1)N1CCN(C(=S)Nc2ccccc2F)CC1. The average Bonchev–Trinajstić information content (AvgIpc) is 2.64. The maximum absolute atomic E-state index is 13.7. The van der Waals surface area contributed by atoms with Crippen molar-refractivity contribution < 1.29 is 12.8 Å². The highest BCUT2D eigenvalue weighted by atomic mass is 32.2. The molecule has 3 rings (SSSR count). The number of hydrogen-bond acceptors (Lipinski definition) is 3. The van der Waals surface area contributed by atoms with E-state index in [9.17, 15) is 12.8 Å². The van der Waals surface area contributed by atoms with Crippen molar-refractivity contribution in [3.63, 3.8) is 0 Å². The van der Waals surface area contributed by atoms with Gasteiger partial charge in [-0.2, -0.15) is 4.31 Å². The smallest absolute Gasteiger partial charge is 0.218 e. The van der Waals surface area contributed by atoms with Gasteiger partial charge in [0, 0.05) is 26.2 Å². The summed E-state index contributed by atoms with van der Waals surface area (Å²) in [6.45, 7) is 1.64. The minimum Gasteiger partial charge on any atom is -0.346 e. The van der Waals surface area contributed by atoms with Gasteiger partial charge < -0.3 is 10.2 Å². The number of hydrogen-bond donors (Lipinski definition) is 1. The molecule has 0 radical (unpaired) electrons. The normalized spacial score (nSPS) is 15.7. The third kappa shape index (κ3) is 4.57. The number of thiocarbonyl (C=S) groups is 1. The third-order valence-corrected chi connectivity index (χ3v) is 6.44. The van der Waals surface area contributed by atoms with E-state index in [1.54, 1.807) is 30.3 Å². The molecule has 1 fully saturated rings. The summed E-state index contributed by atoms with van der Waals surface area (Å²) in [5.74, 6) is -0.384. The van der Waals surface area contributed by atoms with Crippen LogP contribution in [0, 0.1) is 5.82 Å². The average molecular weight is 394 g/mol. The molecule has 0 saturated carbocycles. The largest absolute Gasteiger partial charge is 0.346 e. The Bertz CT molecular complexity index is 867. The van der Waals surface area contributed by atoms with E-state index in [0.29, 0.717) is 37.0 Å². The van der Waals surface area contributed by atoms with Crippen LogP contribution >= 0.6 is 12.2 Å². The van der Waals surface area contributed by atoms with Gasteiger partial charge in [-0.1, -0.05) is 42.5 Å². The summed E-state index contributed by atoms with van der Waals surface area (Å²) in [6.07, 6.45) is 0. The number of sulfonamides is 1. The molecule has 8 heteroatoms. The number of halogens is 1. The van der Waals surface area contributed by atoms with Crippen molar-refractivity contribution in [2.75, 3.05) is 31.5 Å². The quantitative estimate of drug-likeness (QED) is 0.810. The van der Waals surface area contributed by atoms with E-state index in [0.717, 1.165) is 5.56 Å². The van der Waals surface area contributed by atoms with E-state index in [2.05, 4.69) is 5.32 Å². The zero-order valence-electron chi connectivity index (χ0n) is 14.1. The van der Waals surface area contributed by atoms with Gasteiger partial charge in [0.1, 0.15) is 5.82 Å². The van der Waals surface area contributed by atoms with Gasteiger partial charge in [0.05, 0.1) is 11.4 Å². The minimum atomic E-state index is -3.37. The molecule has 2 aromatic carbocycles. The molecule has 2 aromatic rings. The Hall–Kier alpha value is -2.03. The maximum atomic E-state index is 13.7. The molecule has 1 saturated heterocycles. The number of benzene rings is 2. The molecule has 138 valence electrons. The summed E-state index contributed by atoms with van der Waals surface area (Å²) >= 11 is 5.33. The number of rotatable bonds is 4. The Morgan fingerprint density at radius 1 is 1.00 bits per heavy atom. The van der Waals surface area contributed by atoms with Crippen LogP contribution in [0.25, 0.3) is 0 Å². The molecule has 5 nitrogen and oxygen atoms in total. The fraction of sp³-hybridized carbons (Fsp3) is 0.278. The lowest BCUT2D eigenvalue weighted by Gasteiger charge is -2.35. The van der Waals surface area contributed by atoms with Gasteiger partial charge >= 0.3 is 0 Å².